The standard InChI is InChI=1S/C13H10F2N4/c14-8-1-7(2-9(15)4-8)3-12-18-11-5-10(16)6-17-13(11)19-12/h1-2,4-6H,3,16H2,(H,17,18,19). The number of anilines is 1. The summed E-state index contributed by atoms with van der Waals surface area (Å²) in [4.78, 5) is 11.4. The number of H-pyrrole nitrogens is 1. The van der Waals surface area contributed by atoms with Gasteiger partial charge in [-0.2, -0.15) is 0 Å². The predicted octanol–water partition coefficient (Wildman–Crippen LogP) is 2.41. The summed E-state index contributed by atoms with van der Waals surface area (Å²) in [5.41, 5.74) is 7.86. The lowest BCUT2D eigenvalue weighted by molar-refractivity contribution is 0.580. The molecule has 0 saturated carbocycles. The topological polar surface area (TPSA) is 67.6 Å². The molecule has 0 spiro atoms. The third-order valence-corrected chi connectivity index (χ3v) is 2.70. The van der Waals surface area contributed by atoms with Crippen molar-refractivity contribution in [1.82, 2.24) is 15.0 Å². The third-order valence-electron chi connectivity index (χ3n) is 2.70. The highest BCUT2D eigenvalue weighted by atomic mass is 19.1. The Morgan fingerprint density at radius 3 is 2.58 bits per heavy atom. The van der Waals surface area contributed by atoms with Gasteiger partial charge in [-0.1, -0.05) is 0 Å². The molecule has 0 unspecified atom stereocenters. The number of nitrogen functional groups attached to an aromatic ring is 1. The summed E-state index contributed by atoms with van der Waals surface area (Å²) < 4.78 is 26.2. The highest BCUT2D eigenvalue weighted by Crippen LogP contribution is 2.15. The highest BCUT2D eigenvalue weighted by molar-refractivity contribution is 5.74. The number of aromatic amines is 1. The van der Waals surface area contributed by atoms with E-state index in [0.29, 0.717) is 34.7 Å². The van der Waals surface area contributed by atoms with Gasteiger partial charge < -0.3 is 10.7 Å². The number of hydrogen-bond acceptors (Lipinski definition) is 3. The average Bonchev–Trinajstić information content (AvgIpc) is 2.68. The lowest BCUT2D eigenvalue weighted by atomic mass is 10.1. The first-order chi connectivity index (χ1) is 9.10. The van der Waals surface area contributed by atoms with Gasteiger partial charge in [0, 0.05) is 12.5 Å². The number of imidazole rings is 1. The van der Waals surface area contributed by atoms with Crippen LogP contribution in [0.2, 0.25) is 0 Å². The molecule has 4 nitrogen and oxygen atoms in total. The first kappa shape index (κ1) is 11.6. The van der Waals surface area contributed by atoms with E-state index in [1.807, 2.05) is 0 Å². The van der Waals surface area contributed by atoms with E-state index in [1.54, 1.807) is 6.07 Å². The van der Waals surface area contributed by atoms with E-state index in [0.717, 1.165) is 6.07 Å². The van der Waals surface area contributed by atoms with Crippen molar-refractivity contribution in [2.24, 2.45) is 0 Å². The molecule has 1 aromatic carbocycles. The van der Waals surface area contributed by atoms with E-state index in [4.69, 9.17) is 5.73 Å². The molecule has 0 aliphatic carbocycles. The van der Waals surface area contributed by atoms with Crippen molar-refractivity contribution in [1.29, 1.82) is 0 Å². The van der Waals surface area contributed by atoms with E-state index < -0.39 is 11.6 Å². The van der Waals surface area contributed by atoms with E-state index >= 15 is 0 Å². The minimum atomic E-state index is -0.603. The molecule has 0 saturated heterocycles. The maximum Gasteiger partial charge on any atom is 0.157 e. The maximum absolute atomic E-state index is 13.1. The molecule has 2 heterocycles. The lowest BCUT2D eigenvalue weighted by Gasteiger charge is -1.99. The number of aromatic nitrogens is 3. The largest absolute Gasteiger partial charge is 0.397 e. The summed E-state index contributed by atoms with van der Waals surface area (Å²) in [6.07, 6.45) is 1.82. The second-order valence-corrected chi connectivity index (χ2v) is 4.27. The van der Waals surface area contributed by atoms with Crippen LogP contribution < -0.4 is 5.73 Å². The van der Waals surface area contributed by atoms with Crippen LogP contribution in [0.5, 0.6) is 0 Å². The Balaban J connectivity index is 1.96. The SMILES string of the molecule is Nc1cnc2[nH]c(Cc3cc(F)cc(F)c3)nc2c1. The Morgan fingerprint density at radius 2 is 1.84 bits per heavy atom. The zero-order chi connectivity index (χ0) is 13.4. The van der Waals surface area contributed by atoms with Gasteiger partial charge in [-0.3, -0.25) is 0 Å². The van der Waals surface area contributed by atoms with Crippen LogP contribution in [0.1, 0.15) is 11.4 Å². The van der Waals surface area contributed by atoms with E-state index in [-0.39, 0.29) is 0 Å². The smallest absolute Gasteiger partial charge is 0.157 e. The normalized spacial score (nSPS) is 11.1. The Kier molecular flexibility index (Phi) is 2.63. The molecule has 96 valence electrons. The van der Waals surface area contributed by atoms with Gasteiger partial charge in [0.05, 0.1) is 11.9 Å². The number of halogens is 2. The summed E-state index contributed by atoms with van der Waals surface area (Å²) >= 11 is 0. The summed E-state index contributed by atoms with van der Waals surface area (Å²) in [5.74, 6) is -0.625. The van der Waals surface area contributed by atoms with Crippen molar-refractivity contribution in [3.63, 3.8) is 0 Å². The van der Waals surface area contributed by atoms with E-state index in [1.165, 1.54) is 18.3 Å². The third kappa shape index (κ3) is 2.37. The molecule has 0 radical (unpaired) electrons. The van der Waals surface area contributed by atoms with Crippen LogP contribution in [-0.4, -0.2) is 15.0 Å². The number of nitrogens with one attached hydrogen (secondary N) is 1. The Hall–Kier alpha value is -2.50. The minimum Gasteiger partial charge on any atom is -0.397 e. The predicted molar refractivity (Wildman–Crippen MR) is 67.5 cm³/mol. The second-order valence-electron chi connectivity index (χ2n) is 4.27. The van der Waals surface area contributed by atoms with E-state index in [2.05, 4.69) is 15.0 Å². The van der Waals surface area contributed by atoms with Crippen LogP contribution >= 0.6 is 0 Å². The van der Waals surface area contributed by atoms with Crippen LogP contribution in [-0.2, 0) is 6.42 Å². The molecular weight excluding hydrogens is 250 g/mol. The van der Waals surface area contributed by atoms with Crippen LogP contribution in [0.25, 0.3) is 11.2 Å². The van der Waals surface area contributed by atoms with Crippen LogP contribution in [0, 0.1) is 11.6 Å². The molecule has 0 aliphatic heterocycles. The molecule has 0 fully saturated rings. The van der Waals surface area contributed by atoms with Gasteiger partial charge in [-0.25, -0.2) is 18.7 Å². The van der Waals surface area contributed by atoms with Crippen molar-refractivity contribution < 1.29 is 8.78 Å². The molecule has 3 rings (SSSR count). The van der Waals surface area contributed by atoms with Gasteiger partial charge >= 0.3 is 0 Å². The molecule has 0 bridgehead atoms. The zero-order valence-corrected chi connectivity index (χ0v) is 9.82. The lowest BCUT2D eigenvalue weighted by Crippen LogP contribution is -1.93. The Morgan fingerprint density at radius 1 is 1.11 bits per heavy atom. The van der Waals surface area contributed by atoms with Gasteiger partial charge in [0.15, 0.2) is 5.65 Å². The number of fused-ring (bicyclic) bond motifs is 1. The first-order valence-corrected chi connectivity index (χ1v) is 5.65. The molecule has 0 atom stereocenters. The van der Waals surface area contributed by atoms with Gasteiger partial charge in [0.1, 0.15) is 23.0 Å². The van der Waals surface area contributed by atoms with Crippen molar-refractivity contribution in [2.45, 2.75) is 6.42 Å². The molecule has 3 N–H and O–H groups in total. The monoisotopic (exact) mass is 260 g/mol. The highest BCUT2D eigenvalue weighted by Gasteiger charge is 2.07. The first-order valence-electron chi connectivity index (χ1n) is 5.65. The fourth-order valence-electron chi connectivity index (χ4n) is 1.95. The molecule has 0 aliphatic rings. The number of pyridine rings is 1. The summed E-state index contributed by atoms with van der Waals surface area (Å²) in [7, 11) is 0. The van der Waals surface area contributed by atoms with Crippen molar-refractivity contribution in [3.8, 4) is 0 Å². The van der Waals surface area contributed by atoms with Crippen LogP contribution in [0.15, 0.2) is 30.5 Å². The molecule has 3 aromatic rings. The number of hydrogen-bond donors (Lipinski definition) is 2. The fourth-order valence-corrected chi connectivity index (χ4v) is 1.95. The zero-order valence-electron chi connectivity index (χ0n) is 9.82. The Bertz CT molecular complexity index is 731. The van der Waals surface area contributed by atoms with Gasteiger partial charge in [0.2, 0.25) is 0 Å². The fraction of sp³-hybridized carbons (Fsp3) is 0.0769. The summed E-state index contributed by atoms with van der Waals surface area (Å²) in [6.45, 7) is 0. The van der Waals surface area contributed by atoms with Gasteiger partial charge in [-0.05, 0) is 23.8 Å². The summed E-state index contributed by atoms with van der Waals surface area (Å²) in [5, 5.41) is 0. The number of benzene rings is 1. The van der Waals surface area contributed by atoms with Crippen molar-refractivity contribution in [2.75, 3.05) is 5.73 Å². The minimum absolute atomic E-state index is 0.297. The van der Waals surface area contributed by atoms with Crippen LogP contribution in [0.4, 0.5) is 14.5 Å². The van der Waals surface area contributed by atoms with Crippen molar-refractivity contribution in [3.05, 3.63) is 53.5 Å². The number of nitrogens with zero attached hydrogens (tertiary/aromatic N) is 2. The maximum atomic E-state index is 13.1. The van der Waals surface area contributed by atoms with Gasteiger partial charge in [0.25, 0.3) is 0 Å². The average molecular weight is 260 g/mol. The number of rotatable bonds is 2. The molecule has 2 aromatic heterocycles. The second kappa shape index (κ2) is 4.31. The van der Waals surface area contributed by atoms with Crippen LogP contribution in [0.3, 0.4) is 0 Å². The van der Waals surface area contributed by atoms with Gasteiger partial charge in [-0.15, -0.1) is 0 Å². The molecule has 6 heteroatoms. The number of nitrogens with two attached hydrogens (primary N) is 1. The van der Waals surface area contributed by atoms with E-state index in [9.17, 15) is 8.78 Å². The Labute approximate surface area is 107 Å². The summed E-state index contributed by atoms with van der Waals surface area (Å²) in [6, 6.07) is 5.08. The molecular formula is C13H10F2N4. The quantitative estimate of drug-likeness (QED) is 0.743. The molecule has 19 heavy (non-hydrogen) atoms. The van der Waals surface area contributed by atoms with Crippen molar-refractivity contribution >= 4 is 16.9 Å². The molecule has 0 amide bonds.